The fourth-order valence-electron chi connectivity index (χ4n) is 1.45. The van der Waals surface area contributed by atoms with Gasteiger partial charge < -0.3 is 10.5 Å². The summed E-state index contributed by atoms with van der Waals surface area (Å²) >= 11 is 0. The molecule has 0 aliphatic heterocycles. The number of benzene rings is 1. The van der Waals surface area contributed by atoms with E-state index in [1.165, 1.54) is 6.07 Å². The lowest BCUT2D eigenvalue weighted by Crippen LogP contribution is -2.24. The summed E-state index contributed by atoms with van der Waals surface area (Å²) in [6.45, 7) is 5.58. The normalized spacial score (nSPS) is 14.7. The van der Waals surface area contributed by atoms with Gasteiger partial charge in [-0.15, -0.1) is 0 Å². The quantitative estimate of drug-likeness (QED) is 0.831. The predicted molar refractivity (Wildman–Crippen MR) is 59.5 cm³/mol. The zero-order chi connectivity index (χ0) is 11.4. The van der Waals surface area contributed by atoms with Gasteiger partial charge in [-0.3, -0.25) is 0 Å². The Bertz CT molecular complexity index is 325. The summed E-state index contributed by atoms with van der Waals surface area (Å²) in [5.74, 6) is 0.326. The van der Waals surface area contributed by atoms with Gasteiger partial charge in [0.1, 0.15) is 11.6 Å². The van der Waals surface area contributed by atoms with Crippen LogP contribution < -0.4 is 10.5 Å². The van der Waals surface area contributed by atoms with Crippen molar-refractivity contribution < 1.29 is 9.13 Å². The van der Waals surface area contributed by atoms with Gasteiger partial charge in [0.2, 0.25) is 0 Å². The highest BCUT2D eigenvalue weighted by Gasteiger charge is 2.08. The zero-order valence-corrected chi connectivity index (χ0v) is 9.46. The molecule has 15 heavy (non-hydrogen) atoms. The first-order valence-electron chi connectivity index (χ1n) is 5.17. The molecule has 3 heteroatoms. The summed E-state index contributed by atoms with van der Waals surface area (Å²) in [6.07, 6.45) is 0.766. The lowest BCUT2D eigenvalue weighted by atomic mass is 10.1. The van der Waals surface area contributed by atoms with E-state index in [1.54, 1.807) is 19.1 Å². The highest BCUT2D eigenvalue weighted by atomic mass is 19.1. The van der Waals surface area contributed by atoms with Crippen molar-refractivity contribution in [3.63, 3.8) is 0 Å². The molecule has 0 aromatic heterocycles. The van der Waals surface area contributed by atoms with Crippen LogP contribution in [0.3, 0.4) is 0 Å². The molecular weight excluding hydrogens is 193 g/mol. The maximum absolute atomic E-state index is 13.2. The van der Waals surface area contributed by atoms with Gasteiger partial charge in [0.25, 0.3) is 0 Å². The Kier molecular flexibility index (Phi) is 4.09. The predicted octanol–water partition coefficient (Wildman–Crippen LogP) is 2.64. The maximum Gasteiger partial charge on any atom is 0.129 e. The molecule has 2 unspecified atom stereocenters. The Morgan fingerprint density at radius 2 is 2.07 bits per heavy atom. The van der Waals surface area contributed by atoms with E-state index in [2.05, 4.69) is 0 Å². The minimum absolute atomic E-state index is 0.00658. The summed E-state index contributed by atoms with van der Waals surface area (Å²) in [4.78, 5) is 0. The first kappa shape index (κ1) is 12.0. The smallest absolute Gasteiger partial charge is 0.129 e. The molecule has 0 saturated heterocycles. The number of rotatable bonds is 4. The zero-order valence-electron chi connectivity index (χ0n) is 9.46. The van der Waals surface area contributed by atoms with E-state index in [9.17, 15) is 4.39 Å². The minimum atomic E-state index is -0.236. The second-order valence-corrected chi connectivity index (χ2v) is 4.05. The summed E-state index contributed by atoms with van der Waals surface area (Å²) in [6, 6.07) is 4.99. The Morgan fingerprint density at radius 1 is 1.40 bits per heavy atom. The Labute approximate surface area is 90.2 Å². The molecule has 2 N–H and O–H groups in total. The molecule has 2 atom stereocenters. The molecular formula is C12H18FNO. The van der Waals surface area contributed by atoms with Crippen molar-refractivity contribution in [3.05, 3.63) is 29.6 Å². The van der Waals surface area contributed by atoms with Gasteiger partial charge in [-0.1, -0.05) is 6.07 Å². The average Bonchev–Trinajstić information content (AvgIpc) is 2.10. The van der Waals surface area contributed by atoms with Crippen molar-refractivity contribution in [2.45, 2.75) is 39.3 Å². The fraction of sp³-hybridized carbons (Fsp3) is 0.500. The maximum atomic E-state index is 13.2. The van der Waals surface area contributed by atoms with Crippen molar-refractivity contribution in [2.24, 2.45) is 5.73 Å². The second-order valence-electron chi connectivity index (χ2n) is 4.05. The lowest BCUT2D eigenvalue weighted by Gasteiger charge is -2.16. The molecule has 0 aliphatic carbocycles. The first-order valence-corrected chi connectivity index (χ1v) is 5.17. The molecule has 0 radical (unpaired) electrons. The van der Waals surface area contributed by atoms with Crippen molar-refractivity contribution >= 4 is 0 Å². The summed E-state index contributed by atoms with van der Waals surface area (Å²) < 4.78 is 18.7. The fourth-order valence-corrected chi connectivity index (χ4v) is 1.45. The highest BCUT2D eigenvalue weighted by molar-refractivity contribution is 5.28. The van der Waals surface area contributed by atoms with E-state index < -0.39 is 0 Å². The first-order chi connectivity index (χ1) is 6.99. The Hall–Kier alpha value is -1.09. The van der Waals surface area contributed by atoms with Crippen LogP contribution in [0.5, 0.6) is 5.75 Å². The summed E-state index contributed by atoms with van der Waals surface area (Å²) in [5, 5.41) is 0. The van der Waals surface area contributed by atoms with Crippen molar-refractivity contribution in [3.8, 4) is 5.75 Å². The molecule has 0 saturated carbocycles. The Morgan fingerprint density at radius 3 is 2.60 bits per heavy atom. The van der Waals surface area contributed by atoms with Gasteiger partial charge in [-0.05, 0) is 38.8 Å². The number of hydrogen-bond donors (Lipinski definition) is 1. The van der Waals surface area contributed by atoms with Crippen LogP contribution >= 0.6 is 0 Å². The van der Waals surface area contributed by atoms with Gasteiger partial charge in [-0.25, -0.2) is 4.39 Å². The monoisotopic (exact) mass is 211 g/mol. The molecule has 1 rings (SSSR count). The highest BCUT2D eigenvalue weighted by Crippen LogP contribution is 2.18. The minimum Gasteiger partial charge on any atom is -0.491 e. The largest absolute Gasteiger partial charge is 0.491 e. The van der Waals surface area contributed by atoms with E-state index in [1.807, 2.05) is 13.8 Å². The molecule has 0 fully saturated rings. The molecule has 0 amide bonds. The molecule has 1 aromatic carbocycles. The molecule has 0 heterocycles. The number of aryl methyl sites for hydroxylation is 1. The van der Waals surface area contributed by atoms with Crippen LogP contribution in [0.25, 0.3) is 0 Å². The van der Waals surface area contributed by atoms with Gasteiger partial charge in [-0.2, -0.15) is 0 Å². The second kappa shape index (κ2) is 5.12. The summed E-state index contributed by atoms with van der Waals surface area (Å²) in [7, 11) is 0. The molecule has 1 aromatic rings. The van der Waals surface area contributed by atoms with E-state index in [0.29, 0.717) is 11.3 Å². The summed E-state index contributed by atoms with van der Waals surface area (Å²) in [5.41, 5.74) is 6.27. The van der Waals surface area contributed by atoms with Crippen molar-refractivity contribution in [1.29, 1.82) is 0 Å². The van der Waals surface area contributed by atoms with Crippen LogP contribution in [0, 0.1) is 12.7 Å². The van der Waals surface area contributed by atoms with Crippen molar-refractivity contribution in [1.82, 2.24) is 0 Å². The van der Waals surface area contributed by atoms with Gasteiger partial charge in [0.15, 0.2) is 0 Å². The number of hydrogen-bond acceptors (Lipinski definition) is 2. The molecule has 84 valence electrons. The van der Waals surface area contributed by atoms with Crippen LogP contribution in [0.4, 0.5) is 4.39 Å². The van der Waals surface area contributed by atoms with Crippen LogP contribution in [0.1, 0.15) is 25.8 Å². The molecule has 2 nitrogen and oxygen atoms in total. The SMILES string of the molecule is Cc1ccc(OC(C)CC(C)N)cc1F. The molecule has 0 spiro atoms. The third-order valence-corrected chi connectivity index (χ3v) is 2.18. The average molecular weight is 211 g/mol. The molecule has 0 bridgehead atoms. The van der Waals surface area contributed by atoms with E-state index in [4.69, 9.17) is 10.5 Å². The lowest BCUT2D eigenvalue weighted by molar-refractivity contribution is 0.202. The van der Waals surface area contributed by atoms with Gasteiger partial charge in [0.05, 0.1) is 6.10 Å². The van der Waals surface area contributed by atoms with E-state index in [0.717, 1.165) is 6.42 Å². The van der Waals surface area contributed by atoms with E-state index in [-0.39, 0.29) is 18.0 Å². The third-order valence-electron chi connectivity index (χ3n) is 2.18. The van der Waals surface area contributed by atoms with Crippen LogP contribution in [-0.4, -0.2) is 12.1 Å². The van der Waals surface area contributed by atoms with E-state index >= 15 is 0 Å². The van der Waals surface area contributed by atoms with Crippen LogP contribution in [0.15, 0.2) is 18.2 Å². The molecule has 0 aliphatic rings. The third kappa shape index (κ3) is 3.88. The van der Waals surface area contributed by atoms with Crippen molar-refractivity contribution in [2.75, 3.05) is 0 Å². The van der Waals surface area contributed by atoms with Crippen LogP contribution in [-0.2, 0) is 0 Å². The number of ether oxygens (including phenoxy) is 1. The van der Waals surface area contributed by atoms with Gasteiger partial charge >= 0.3 is 0 Å². The standard InChI is InChI=1S/C12H18FNO/c1-8-4-5-11(7-12(8)13)15-10(3)6-9(2)14/h4-5,7,9-10H,6,14H2,1-3H3. The van der Waals surface area contributed by atoms with Gasteiger partial charge in [0, 0.05) is 12.1 Å². The van der Waals surface area contributed by atoms with Crippen LogP contribution in [0.2, 0.25) is 0 Å². The number of halogens is 1. The number of nitrogens with two attached hydrogens (primary N) is 1. The topological polar surface area (TPSA) is 35.2 Å². The Balaban J connectivity index is 2.60.